The summed E-state index contributed by atoms with van der Waals surface area (Å²) >= 11 is 0. The van der Waals surface area contributed by atoms with Gasteiger partial charge in [-0.1, -0.05) is 6.08 Å². The third kappa shape index (κ3) is 5.80. The largest absolute Gasteiger partial charge is 0.476 e. The highest BCUT2D eigenvalue weighted by Gasteiger charge is 2.02. The van der Waals surface area contributed by atoms with Crippen molar-refractivity contribution in [3.8, 4) is 0 Å². The first-order valence-corrected chi connectivity index (χ1v) is 4.04. The van der Waals surface area contributed by atoms with E-state index >= 15 is 0 Å². The Kier molecular flexibility index (Phi) is 5.21. The molecule has 0 aliphatic rings. The molecular formula is C9H18N2O. The average Bonchev–Trinajstić information content (AvgIpc) is 1.84. The highest BCUT2D eigenvalue weighted by atomic mass is 16.5. The molecule has 3 nitrogen and oxygen atoms in total. The van der Waals surface area contributed by atoms with Gasteiger partial charge in [0.25, 0.3) is 0 Å². The molecule has 0 rings (SSSR count). The van der Waals surface area contributed by atoms with E-state index < -0.39 is 0 Å². The zero-order chi connectivity index (χ0) is 9.56. The Morgan fingerprint density at radius 1 is 1.67 bits per heavy atom. The SMILES string of the molecule is C=CC[C@H](C)OC(=C)N[C@H](C)N. The predicted octanol–water partition coefficient (Wildman–Crippen LogP) is 1.33. The molecular weight excluding hydrogens is 152 g/mol. The third-order valence-electron chi connectivity index (χ3n) is 1.23. The van der Waals surface area contributed by atoms with Crippen molar-refractivity contribution in [2.45, 2.75) is 32.5 Å². The first kappa shape index (κ1) is 11.0. The van der Waals surface area contributed by atoms with Crippen LogP contribution in [0.3, 0.4) is 0 Å². The Morgan fingerprint density at radius 2 is 2.25 bits per heavy atom. The van der Waals surface area contributed by atoms with E-state index in [0.29, 0.717) is 5.88 Å². The Morgan fingerprint density at radius 3 is 2.67 bits per heavy atom. The van der Waals surface area contributed by atoms with Crippen LogP contribution >= 0.6 is 0 Å². The van der Waals surface area contributed by atoms with Crippen molar-refractivity contribution in [1.82, 2.24) is 5.32 Å². The van der Waals surface area contributed by atoms with Crippen LogP contribution in [0.25, 0.3) is 0 Å². The van der Waals surface area contributed by atoms with Crippen LogP contribution in [0.4, 0.5) is 0 Å². The van der Waals surface area contributed by atoms with Gasteiger partial charge in [-0.3, -0.25) is 0 Å². The maximum atomic E-state index is 5.47. The lowest BCUT2D eigenvalue weighted by Gasteiger charge is -2.17. The average molecular weight is 170 g/mol. The number of nitrogens with one attached hydrogen (secondary N) is 1. The molecule has 0 amide bonds. The Hall–Kier alpha value is -0.960. The molecule has 0 fully saturated rings. The second-order valence-corrected chi connectivity index (χ2v) is 2.81. The van der Waals surface area contributed by atoms with E-state index in [-0.39, 0.29) is 12.3 Å². The van der Waals surface area contributed by atoms with Gasteiger partial charge in [0.1, 0.15) is 6.10 Å². The quantitative estimate of drug-likeness (QED) is 0.359. The summed E-state index contributed by atoms with van der Waals surface area (Å²) in [6.07, 6.45) is 2.58. The summed E-state index contributed by atoms with van der Waals surface area (Å²) in [7, 11) is 0. The topological polar surface area (TPSA) is 47.3 Å². The van der Waals surface area contributed by atoms with E-state index in [2.05, 4.69) is 18.5 Å². The Labute approximate surface area is 74.3 Å². The van der Waals surface area contributed by atoms with E-state index in [1.54, 1.807) is 0 Å². The zero-order valence-electron chi connectivity index (χ0n) is 7.84. The fourth-order valence-electron chi connectivity index (χ4n) is 0.814. The predicted molar refractivity (Wildman–Crippen MR) is 51.3 cm³/mol. The van der Waals surface area contributed by atoms with Gasteiger partial charge < -0.3 is 15.8 Å². The molecule has 12 heavy (non-hydrogen) atoms. The van der Waals surface area contributed by atoms with Crippen molar-refractivity contribution in [2.75, 3.05) is 0 Å². The van der Waals surface area contributed by atoms with Crippen LogP contribution in [-0.2, 0) is 4.74 Å². The highest BCUT2D eigenvalue weighted by Crippen LogP contribution is 2.02. The lowest BCUT2D eigenvalue weighted by Crippen LogP contribution is -2.34. The summed E-state index contributed by atoms with van der Waals surface area (Å²) in [5.41, 5.74) is 5.47. The molecule has 0 saturated carbocycles. The summed E-state index contributed by atoms with van der Waals surface area (Å²) in [5.74, 6) is 0.513. The van der Waals surface area contributed by atoms with Gasteiger partial charge in [-0.15, -0.1) is 6.58 Å². The van der Waals surface area contributed by atoms with Crippen LogP contribution in [0, 0.1) is 0 Å². The van der Waals surface area contributed by atoms with Crippen molar-refractivity contribution in [1.29, 1.82) is 0 Å². The van der Waals surface area contributed by atoms with Gasteiger partial charge in [0.2, 0.25) is 0 Å². The summed E-state index contributed by atoms with van der Waals surface area (Å²) in [4.78, 5) is 0. The van der Waals surface area contributed by atoms with Crippen molar-refractivity contribution < 1.29 is 4.74 Å². The molecule has 2 atom stereocenters. The minimum Gasteiger partial charge on any atom is -0.476 e. The van der Waals surface area contributed by atoms with Crippen molar-refractivity contribution in [2.24, 2.45) is 5.73 Å². The molecule has 0 radical (unpaired) electrons. The van der Waals surface area contributed by atoms with Gasteiger partial charge in [-0.25, -0.2) is 0 Å². The van der Waals surface area contributed by atoms with E-state index in [1.807, 2.05) is 19.9 Å². The van der Waals surface area contributed by atoms with E-state index in [9.17, 15) is 0 Å². The molecule has 0 saturated heterocycles. The van der Waals surface area contributed by atoms with Gasteiger partial charge in [-0.2, -0.15) is 0 Å². The molecule has 0 aromatic carbocycles. The Balaban J connectivity index is 3.61. The molecule has 3 N–H and O–H groups in total. The molecule has 0 heterocycles. The number of ether oxygens (including phenoxy) is 1. The number of hydrogen-bond donors (Lipinski definition) is 2. The van der Waals surface area contributed by atoms with Crippen LogP contribution in [0.2, 0.25) is 0 Å². The van der Waals surface area contributed by atoms with E-state index in [4.69, 9.17) is 10.5 Å². The molecule has 0 bridgehead atoms. The zero-order valence-corrected chi connectivity index (χ0v) is 7.84. The van der Waals surface area contributed by atoms with E-state index in [1.165, 1.54) is 0 Å². The van der Waals surface area contributed by atoms with Crippen LogP contribution in [0.5, 0.6) is 0 Å². The first-order valence-electron chi connectivity index (χ1n) is 4.04. The molecule has 0 aromatic heterocycles. The molecule has 70 valence electrons. The highest BCUT2D eigenvalue weighted by molar-refractivity contribution is 4.83. The second-order valence-electron chi connectivity index (χ2n) is 2.81. The molecule has 0 aliphatic heterocycles. The monoisotopic (exact) mass is 170 g/mol. The fraction of sp³-hybridized carbons (Fsp3) is 0.556. The second kappa shape index (κ2) is 5.66. The van der Waals surface area contributed by atoms with E-state index in [0.717, 1.165) is 6.42 Å². The smallest absolute Gasteiger partial charge is 0.180 e. The van der Waals surface area contributed by atoms with Crippen LogP contribution in [0.15, 0.2) is 25.1 Å². The lowest BCUT2D eigenvalue weighted by atomic mass is 10.3. The van der Waals surface area contributed by atoms with Gasteiger partial charge in [-0.05, 0) is 20.4 Å². The summed E-state index contributed by atoms with van der Waals surface area (Å²) in [6.45, 7) is 11.1. The van der Waals surface area contributed by atoms with Crippen molar-refractivity contribution >= 4 is 0 Å². The maximum absolute atomic E-state index is 5.47. The maximum Gasteiger partial charge on any atom is 0.180 e. The number of rotatable bonds is 6. The molecule has 3 heteroatoms. The van der Waals surface area contributed by atoms with Crippen LogP contribution in [-0.4, -0.2) is 12.3 Å². The summed E-state index contributed by atoms with van der Waals surface area (Å²) < 4.78 is 5.34. The third-order valence-corrected chi connectivity index (χ3v) is 1.23. The standard InChI is InChI=1S/C9H18N2O/c1-5-6-7(2)12-9(4)11-8(3)10/h5,7-8,11H,1,4,6,10H2,2-3H3/t7-,8+/m0/s1. The van der Waals surface area contributed by atoms with Crippen LogP contribution < -0.4 is 11.1 Å². The van der Waals surface area contributed by atoms with Crippen LogP contribution in [0.1, 0.15) is 20.3 Å². The fourth-order valence-corrected chi connectivity index (χ4v) is 0.814. The van der Waals surface area contributed by atoms with Crippen molar-refractivity contribution in [3.63, 3.8) is 0 Å². The number of hydrogen-bond acceptors (Lipinski definition) is 3. The molecule has 0 aliphatic carbocycles. The minimum absolute atomic E-state index is 0.0984. The van der Waals surface area contributed by atoms with Gasteiger partial charge in [0, 0.05) is 6.42 Å². The summed E-state index contributed by atoms with van der Waals surface area (Å²) in [6, 6.07) is 0. The molecule has 0 spiro atoms. The van der Waals surface area contributed by atoms with Gasteiger partial charge in [0.15, 0.2) is 5.88 Å². The number of nitrogens with two attached hydrogens (primary N) is 1. The molecule has 0 aromatic rings. The Bertz CT molecular complexity index is 155. The molecule has 0 unspecified atom stereocenters. The van der Waals surface area contributed by atoms with Gasteiger partial charge >= 0.3 is 0 Å². The summed E-state index contributed by atoms with van der Waals surface area (Å²) in [5, 5.41) is 2.86. The van der Waals surface area contributed by atoms with Gasteiger partial charge in [0.05, 0.1) is 6.17 Å². The minimum atomic E-state index is -0.131. The normalized spacial score (nSPS) is 14.6. The van der Waals surface area contributed by atoms with Crippen molar-refractivity contribution in [3.05, 3.63) is 25.1 Å². The lowest BCUT2D eigenvalue weighted by molar-refractivity contribution is 0.116. The first-order chi connectivity index (χ1) is 5.56.